The molecule has 1 aromatic carbocycles. The summed E-state index contributed by atoms with van der Waals surface area (Å²) in [6, 6.07) is 9.67. The van der Waals surface area contributed by atoms with Gasteiger partial charge in [0.15, 0.2) is 0 Å². The van der Waals surface area contributed by atoms with E-state index in [1.54, 1.807) is 0 Å². The molecule has 1 rings (SSSR count). The van der Waals surface area contributed by atoms with Gasteiger partial charge in [0, 0.05) is 0 Å². The van der Waals surface area contributed by atoms with Gasteiger partial charge in [0.25, 0.3) is 0 Å². The van der Waals surface area contributed by atoms with Crippen LogP contribution in [0.5, 0.6) is 0 Å². The Kier molecular flexibility index (Phi) is 2.18. The molecule has 0 saturated carbocycles. The lowest BCUT2D eigenvalue weighted by Gasteiger charge is -2.03. The second-order valence-corrected chi connectivity index (χ2v) is 2.04. The molecular formula is C8H10N2. The first-order valence-electron chi connectivity index (χ1n) is 3.11. The van der Waals surface area contributed by atoms with Crippen molar-refractivity contribution in [3.63, 3.8) is 0 Å². The quantitative estimate of drug-likeness (QED) is 0.609. The van der Waals surface area contributed by atoms with Crippen molar-refractivity contribution in [2.45, 2.75) is 6.17 Å². The first-order chi connectivity index (χ1) is 4.84. The predicted octanol–water partition coefficient (Wildman–Crippen LogP) is 1.34. The molecule has 0 amide bonds. The lowest BCUT2D eigenvalue weighted by molar-refractivity contribution is 0.783. The van der Waals surface area contributed by atoms with Crippen LogP contribution in [0.3, 0.4) is 0 Å². The molecule has 0 saturated heterocycles. The Morgan fingerprint density at radius 2 is 1.90 bits per heavy atom. The van der Waals surface area contributed by atoms with Gasteiger partial charge < -0.3 is 5.73 Å². The fourth-order valence-electron chi connectivity index (χ4n) is 0.756. The lowest BCUT2D eigenvalue weighted by Crippen LogP contribution is -2.05. The van der Waals surface area contributed by atoms with E-state index >= 15 is 0 Å². The van der Waals surface area contributed by atoms with E-state index in [-0.39, 0.29) is 6.17 Å². The second kappa shape index (κ2) is 3.13. The minimum atomic E-state index is -0.277. The van der Waals surface area contributed by atoms with Gasteiger partial charge in [0.1, 0.15) is 6.17 Å². The van der Waals surface area contributed by atoms with E-state index in [1.807, 2.05) is 30.3 Å². The summed E-state index contributed by atoms with van der Waals surface area (Å²) in [5, 5.41) is 0. The smallest absolute Gasteiger partial charge is 0.122 e. The Balaban J connectivity index is 2.84. The fourth-order valence-corrected chi connectivity index (χ4v) is 0.756. The molecule has 0 aliphatic heterocycles. The number of hydrogen-bond donors (Lipinski definition) is 1. The summed E-state index contributed by atoms with van der Waals surface area (Å²) in [5.74, 6) is 0. The second-order valence-electron chi connectivity index (χ2n) is 2.04. The number of benzene rings is 1. The molecule has 2 heteroatoms. The third-order valence-electron chi connectivity index (χ3n) is 1.34. The SMILES string of the molecule is C=NC(N)c1ccccc1. The number of rotatable bonds is 2. The first-order valence-corrected chi connectivity index (χ1v) is 3.11. The Morgan fingerprint density at radius 1 is 1.30 bits per heavy atom. The molecule has 1 atom stereocenters. The van der Waals surface area contributed by atoms with Crippen molar-refractivity contribution in [1.29, 1.82) is 0 Å². The van der Waals surface area contributed by atoms with Gasteiger partial charge in [-0.2, -0.15) is 0 Å². The number of hydrogen-bond acceptors (Lipinski definition) is 2. The molecule has 0 radical (unpaired) electrons. The van der Waals surface area contributed by atoms with Crippen molar-refractivity contribution in [1.82, 2.24) is 0 Å². The van der Waals surface area contributed by atoms with Gasteiger partial charge >= 0.3 is 0 Å². The molecule has 0 aliphatic rings. The highest BCUT2D eigenvalue weighted by Crippen LogP contribution is 2.08. The van der Waals surface area contributed by atoms with Gasteiger partial charge in [-0.25, -0.2) is 0 Å². The van der Waals surface area contributed by atoms with Crippen LogP contribution in [0, 0.1) is 0 Å². The molecular weight excluding hydrogens is 124 g/mol. The standard InChI is InChI=1S/C8H10N2/c1-10-8(9)7-5-3-2-4-6-7/h2-6,8H,1,9H2. The molecule has 0 spiro atoms. The van der Waals surface area contributed by atoms with E-state index in [2.05, 4.69) is 11.7 Å². The Morgan fingerprint density at radius 3 is 2.40 bits per heavy atom. The third-order valence-corrected chi connectivity index (χ3v) is 1.34. The average Bonchev–Trinajstić information content (AvgIpc) is 2.05. The minimum absolute atomic E-state index is 0.277. The molecule has 1 aromatic rings. The molecule has 0 heterocycles. The van der Waals surface area contributed by atoms with Crippen LogP contribution < -0.4 is 5.73 Å². The van der Waals surface area contributed by atoms with E-state index < -0.39 is 0 Å². The van der Waals surface area contributed by atoms with Crippen LogP contribution in [0.2, 0.25) is 0 Å². The van der Waals surface area contributed by atoms with E-state index in [9.17, 15) is 0 Å². The highest BCUT2D eigenvalue weighted by atomic mass is 14.9. The summed E-state index contributed by atoms with van der Waals surface area (Å²) in [4.78, 5) is 3.69. The molecule has 10 heavy (non-hydrogen) atoms. The summed E-state index contributed by atoms with van der Waals surface area (Å²) < 4.78 is 0. The Hall–Kier alpha value is -1.15. The Labute approximate surface area is 60.4 Å². The normalized spacial score (nSPS) is 12.5. The molecule has 0 aromatic heterocycles. The van der Waals surface area contributed by atoms with Gasteiger partial charge in [0.2, 0.25) is 0 Å². The summed E-state index contributed by atoms with van der Waals surface area (Å²) in [7, 11) is 0. The van der Waals surface area contributed by atoms with Gasteiger partial charge in [-0.05, 0) is 12.3 Å². The monoisotopic (exact) mass is 134 g/mol. The molecule has 2 N–H and O–H groups in total. The fraction of sp³-hybridized carbons (Fsp3) is 0.125. The number of nitrogens with zero attached hydrogens (tertiary/aromatic N) is 1. The van der Waals surface area contributed by atoms with Crippen LogP contribution in [-0.4, -0.2) is 6.72 Å². The molecule has 0 bridgehead atoms. The van der Waals surface area contributed by atoms with E-state index in [4.69, 9.17) is 5.73 Å². The van der Waals surface area contributed by atoms with Crippen molar-refractivity contribution in [2.24, 2.45) is 10.7 Å². The zero-order chi connectivity index (χ0) is 7.40. The molecule has 0 fully saturated rings. The zero-order valence-electron chi connectivity index (χ0n) is 5.70. The number of aliphatic imine (C=N–C) groups is 1. The van der Waals surface area contributed by atoms with Crippen LogP contribution >= 0.6 is 0 Å². The van der Waals surface area contributed by atoms with E-state index in [0.29, 0.717) is 0 Å². The van der Waals surface area contributed by atoms with E-state index in [0.717, 1.165) is 5.56 Å². The summed E-state index contributed by atoms with van der Waals surface area (Å²) in [6.45, 7) is 3.36. The largest absolute Gasteiger partial charge is 0.306 e. The van der Waals surface area contributed by atoms with Crippen LogP contribution in [0.4, 0.5) is 0 Å². The predicted molar refractivity (Wildman–Crippen MR) is 42.9 cm³/mol. The van der Waals surface area contributed by atoms with Gasteiger partial charge in [-0.1, -0.05) is 30.3 Å². The minimum Gasteiger partial charge on any atom is -0.306 e. The third kappa shape index (κ3) is 1.42. The maximum absolute atomic E-state index is 5.57. The molecule has 2 nitrogen and oxygen atoms in total. The van der Waals surface area contributed by atoms with Gasteiger partial charge in [0.05, 0.1) is 0 Å². The summed E-state index contributed by atoms with van der Waals surface area (Å²) in [5.41, 5.74) is 6.56. The summed E-state index contributed by atoms with van der Waals surface area (Å²) in [6.07, 6.45) is -0.277. The van der Waals surface area contributed by atoms with Crippen molar-refractivity contribution in [3.05, 3.63) is 35.9 Å². The highest BCUT2D eigenvalue weighted by molar-refractivity contribution is 5.27. The van der Waals surface area contributed by atoms with Crippen LogP contribution in [0.1, 0.15) is 11.7 Å². The molecule has 1 unspecified atom stereocenters. The van der Waals surface area contributed by atoms with Crippen LogP contribution in [0.15, 0.2) is 35.3 Å². The lowest BCUT2D eigenvalue weighted by atomic mass is 10.2. The van der Waals surface area contributed by atoms with Crippen molar-refractivity contribution in [2.75, 3.05) is 0 Å². The number of nitrogens with two attached hydrogens (primary N) is 1. The van der Waals surface area contributed by atoms with Crippen molar-refractivity contribution >= 4 is 6.72 Å². The van der Waals surface area contributed by atoms with Crippen molar-refractivity contribution < 1.29 is 0 Å². The average molecular weight is 134 g/mol. The van der Waals surface area contributed by atoms with Gasteiger partial charge in [-0.15, -0.1) is 0 Å². The Bertz CT molecular complexity index is 206. The molecule has 0 aliphatic carbocycles. The maximum Gasteiger partial charge on any atom is 0.122 e. The van der Waals surface area contributed by atoms with Crippen molar-refractivity contribution in [3.8, 4) is 0 Å². The zero-order valence-corrected chi connectivity index (χ0v) is 5.70. The van der Waals surface area contributed by atoms with Crippen LogP contribution in [0.25, 0.3) is 0 Å². The van der Waals surface area contributed by atoms with Gasteiger partial charge in [-0.3, -0.25) is 4.99 Å². The van der Waals surface area contributed by atoms with E-state index in [1.165, 1.54) is 0 Å². The maximum atomic E-state index is 5.57. The molecule has 52 valence electrons. The highest BCUT2D eigenvalue weighted by Gasteiger charge is 1.97. The van der Waals surface area contributed by atoms with Crippen LogP contribution in [-0.2, 0) is 0 Å². The summed E-state index contributed by atoms with van der Waals surface area (Å²) >= 11 is 0. The first kappa shape index (κ1) is 6.96. The topological polar surface area (TPSA) is 38.4 Å².